The van der Waals surface area contributed by atoms with Crippen LogP contribution in [0.2, 0.25) is 0 Å². The highest BCUT2D eigenvalue weighted by molar-refractivity contribution is 5.87. The average Bonchev–Trinajstić information content (AvgIpc) is 3.06. The van der Waals surface area contributed by atoms with Crippen LogP contribution in [-0.2, 0) is 27.3 Å². The third-order valence-electron chi connectivity index (χ3n) is 4.45. The van der Waals surface area contributed by atoms with Crippen LogP contribution < -0.4 is 10.2 Å². The Morgan fingerprint density at radius 2 is 1.86 bits per heavy atom. The van der Waals surface area contributed by atoms with Crippen molar-refractivity contribution in [2.24, 2.45) is 0 Å². The van der Waals surface area contributed by atoms with Crippen LogP contribution in [0.3, 0.4) is 0 Å². The molecule has 1 heterocycles. The number of ether oxygens (including phenoxy) is 1. The minimum Gasteiger partial charge on any atom is -0.464 e. The SMILES string of the molecule is Cc1ccc2c(CC(=O)OCC(=O)NCc3ccc(N(C)C)cc3)coc2c1. The molecule has 0 spiro atoms. The van der Waals surface area contributed by atoms with Crippen LogP contribution in [0.15, 0.2) is 53.1 Å². The molecular formula is C22H24N2O4. The standard InChI is InChI=1S/C22H24N2O4/c1-15-4-9-19-17(13-27-20(19)10-15)11-22(26)28-14-21(25)23-12-16-5-7-18(8-6-16)24(2)3/h4-10,13H,11-12,14H2,1-3H3,(H,23,25). The van der Waals surface area contributed by atoms with Gasteiger partial charge in [-0.1, -0.05) is 24.3 Å². The molecule has 1 aromatic heterocycles. The van der Waals surface area contributed by atoms with E-state index in [2.05, 4.69) is 5.32 Å². The minimum atomic E-state index is -0.464. The molecule has 6 nitrogen and oxygen atoms in total. The molecule has 0 aliphatic rings. The predicted octanol–water partition coefficient (Wildman–Crippen LogP) is 3.21. The smallest absolute Gasteiger partial charge is 0.310 e. The fourth-order valence-corrected chi connectivity index (χ4v) is 2.84. The van der Waals surface area contributed by atoms with Gasteiger partial charge in [-0.05, 0) is 36.2 Å². The number of esters is 1. The molecule has 3 rings (SSSR count). The lowest BCUT2D eigenvalue weighted by Crippen LogP contribution is -2.28. The molecule has 1 N–H and O–H groups in total. The Labute approximate surface area is 164 Å². The van der Waals surface area contributed by atoms with Crippen molar-refractivity contribution in [1.82, 2.24) is 5.32 Å². The molecular weight excluding hydrogens is 356 g/mol. The first-order chi connectivity index (χ1) is 13.4. The van der Waals surface area contributed by atoms with Crippen molar-refractivity contribution in [3.8, 4) is 0 Å². The number of nitrogens with one attached hydrogen (secondary N) is 1. The van der Waals surface area contributed by atoms with Gasteiger partial charge in [0.1, 0.15) is 5.58 Å². The molecule has 0 aliphatic heterocycles. The zero-order valence-electron chi connectivity index (χ0n) is 16.3. The number of amides is 1. The third kappa shape index (κ3) is 4.91. The van der Waals surface area contributed by atoms with E-state index >= 15 is 0 Å². The highest BCUT2D eigenvalue weighted by Gasteiger charge is 2.13. The second kappa shape index (κ2) is 8.61. The van der Waals surface area contributed by atoms with Crippen molar-refractivity contribution in [2.45, 2.75) is 19.9 Å². The summed E-state index contributed by atoms with van der Waals surface area (Å²) in [5.41, 5.74) is 4.64. The van der Waals surface area contributed by atoms with E-state index in [-0.39, 0.29) is 18.9 Å². The summed E-state index contributed by atoms with van der Waals surface area (Å²) < 4.78 is 10.6. The molecule has 2 aromatic carbocycles. The van der Waals surface area contributed by atoms with Gasteiger partial charge in [-0.25, -0.2) is 0 Å². The van der Waals surface area contributed by atoms with Gasteiger partial charge < -0.3 is 19.4 Å². The van der Waals surface area contributed by atoms with Crippen molar-refractivity contribution >= 4 is 28.5 Å². The zero-order valence-corrected chi connectivity index (χ0v) is 16.3. The summed E-state index contributed by atoms with van der Waals surface area (Å²) in [7, 11) is 3.94. The van der Waals surface area contributed by atoms with Crippen LogP contribution in [0.25, 0.3) is 11.0 Å². The van der Waals surface area contributed by atoms with E-state index in [4.69, 9.17) is 9.15 Å². The number of fused-ring (bicyclic) bond motifs is 1. The fraction of sp³-hybridized carbons (Fsp3) is 0.273. The number of carbonyl (C=O) groups is 2. The van der Waals surface area contributed by atoms with Crippen molar-refractivity contribution in [3.05, 3.63) is 65.4 Å². The van der Waals surface area contributed by atoms with Crippen LogP contribution >= 0.6 is 0 Å². The maximum Gasteiger partial charge on any atom is 0.310 e. The highest BCUT2D eigenvalue weighted by Crippen LogP contribution is 2.22. The van der Waals surface area contributed by atoms with Crippen LogP contribution in [0, 0.1) is 6.92 Å². The van der Waals surface area contributed by atoms with E-state index in [0.717, 1.165) is 33.3 Å². The topological polar surface area (TPSA) is 71.8 Å². The summed E-state index contributed by atoms with van der Waals surface area (Å²) in [6.07, 6.45) is 1.62. The summed E-state index contributed by atoms with van der Waals surface area (Å²) in [5.74, 6) is -0.800. The Morgan fingerprint density at radius 1 is 1.11 bits per heavy atom. The number of aryl methyl sites for hydroxylation is 1. The van der Waals surface area contributed by atoms with Crippen molar-refractivity contribution in [3.63, 3.8) is 0 Å². The monoisotopic (exact) mass is 380 g/mol. The molecule has 6 heteroatoms. The Balaban J connectivity index is 1.45. The number of rotatable bonds is 7. The lowest BCUT2D eigenvalue weighted by molar-refractivity contribution is -0.147. The average molecular weight is 380 g/mol. The predicted molar refractivity (Wildman–Crippen MR) is 108 cm³/mol. The molecule has 0 unspecified atom stereocenters. The van der Waals surface area contributed by atoms with E-state index in [1.165, 1.54) is 0 Å². The largest absolute Gasteiger partial charge is 0.464 e. The Kier molecular flexibility index (Phi) is 5.99. The number of benzene rings is 2. The zero-order chi connectivity index (χ0) is 20.1. The van der Waals surface area contributed by atoms with Crippen LogP contribution in [0.4, 0.5) is 5.69 Å². The molecule has 0 atom stereocenters. The number of hydrogen-bond donors (Lipinski definition) is 1. The summed E-state index contributed by atoms with van der Waals surface area (Å²) >= 11 is 0. The highest BCUT2D eigenvalue weighted by atomic mass is 16.5. The summed E-state index contributed by atoms with van der Waals surface area (Å²) in [6.45, 7) is 2.06. The lowest BCUT2D eigenvalue weighted by atomic mass is 10.1. The van der Waals surface area contributed by atoms with Crippen molar-refractivity contribution < 1.29 is 18.7 Å². The van der Waals surface area contributed by atoms with Crippen LogP contribution in [0.5, 0.6) is 0 Å². The van der Waals surface area contributed by atoms with Gasteiger partial charge in [-0.2, -0.15) is 0 Å². The summed E-state index contributed by atoms with van der Waals surface area (Å²) in [5, 5.41) is 3.63. The number of carbonyl (C=O) groups excluding carboxylic acids is 2. The molecule has 0 bridgehead atoms. The van der Waals surface area contributed by atoms with E-state index in [0.29, 0.717) is 6.54 Å². The van der Waals surface area contributed by atoms with E-state index in [9.17, 15) is 9.59 Å². The van der Waals surface area contributed by atoms with Gasteiger partial charge in [0.2, 0.25) is 0 Å². The molecule has 146 valence electrons. The van der Waals surface area contributed by atoms with Gasteiger partial charge in [0.25, 0.3) is 5.91 Å². The van der Waals surface area contributed by atoms with Crippen molar-refractivity contribution in [2.75, 3.05) is 25.6 Å². The van der Waals surface area contributed by atoms with Gasteiger partial charge in [-0.3, -0.25) is 9.59 Å². The molecule has 3 aromatic rings. The number of hydrogen-bond acceptors (Lipinski definition) is 5. The van der Waals surface area contributed by atoms with E-state index in [1.54, 1.807) is 6.26 Å². The first-order valence-electron chi connectivity index (χ1n) is 9.07. The summed E-state index contributed by atoms with van der Waals surface area (Å²) in [6, 6.07) is 13.7. The van der Waals surface area contributed by atoms with Crippen LogP contribution in [-0.4, -0.2) is 32.6 Å². The van der Waals surface area contributed by atoms with Gasteiger partial charge in [-0.15, -0.1) is 0 Å². The Bertz CT molecular complexity index is 974. The number of furan rings is 1. The first kappa shape index (κ1) is 19.5. The normalized spacial score (nSPS) is 10.7. The van der Waals surface area contributed by atoms with Gasteiger partial charge in [0.15, 0.2) is 6.61 Å². The maximum absolute atomic E-state index is 12.1. The Hall–Kier alpha value is -3.28. The van der Waals surface area contributed by atoms with Crippen molar-refractivity contribution in [1.29, 1.82) is 0 Å². The second-order valence-corrected chi connectivity index (χ2v) is 6.94. The van der Waals surface area contributed by atoms with Gasteiger partial charge in [0, 0.05) is 37.3 Å². The lowest BCUT2D eigenvalue weighted by Gasteiger charge is -2.13. The first-order valence-corrected chi connectivity index (χ1v) is 9.07. The maximum atomic E-state index is 12.1. The quantitative estimate of drug-likeness (QED) is 0.637. The molecule has 0 saturated heterocycles. The molecule has 1 amide bonds. The molecule has 0 saturated carbocycles. The van der Waals surface area contributed by atoms with Crippen LogP contribution in [0.1, 0.15) is 16.7 Å². The molecule has 0 aliphatic carbocycles. The fourth-order valence-electron chi connectivity index (χ4n) is 2.84. The summed E-state index contributed by atoms with van der Waals surface area (Å²) in [4.78, 5) is 26.0. The molecule has 0 fully saturated rings. The van der Waals surface area contributed by atoms with E-state index in [1.807, 2.05) is 68.4 Å². The second-order valence-electron chi connectivity index (χ2n) is 6.94. The van der Waals surface area contributed by atoms with Gasteiger partial charge >= 0.3 is 5.97 Å². The molecule has 28 heavy (non-hydrogen) atoms. The number of nitrogens with zero attached hydrogens (tertiary/aromatic N) is 1. The van der Waals surface area contributed by atoms with Gasteiger partial charge in [0.05, 0.1) is 12.7 Å². The van der Waals surface area contributed by atoms with E-state index < -0.39 is 5.97 Å². The molecule has 0 radical (unpaired) electrons. The minimum absolute atomic E-state index is 0.0648. The Morgan fingerprint density at radius 3 is 2.57 bits per heavy atom. The number of anilines is 1. The third-order valence-corrected chi connectivity index (χ3v) is 4.45.